The Kier molecular flexibility index (Phi) is 7.31. The van der Waals surface area contributed by atoms with Gasteiger partial charge >= 0.3 is 18.1 Å². The number of carbonyl (C=O) groups is 3. The summed E-state index contributed by atoms with van der Waals surface area (Å²) < 4.78 is 50.9. The predicted octanol–water partition coefficient (Wildman–Crippen LogP) is 4.79. The lowest BCUT2D eigenvalue weighted by atomic mass is 10.1. The molecule has 0 atom stereocenters. The molecule has 14 heteroatoms. The van der Waals surface area contributed by atoms with Crippen LogP contribution in [-0.2, 0) is 15.7 Å². The lowest BCUT2D eigenvalue weighted by molar-refractivity contribution is -0.142. The minimum absolute atomic E-state index is 0.0341. The van der Waals surface area contributed by atoms with E-state index in [9.17, 15) is 27.6 Å². The van der Waals surface area contributed by atoms with Crippen molar-refractivity contribution < 1.29 is 37.0 Å². The maximum Gasteiger partial charge on any atom is 0.433 e. The van der Waals surface area contributed by atoms with Gasteiger partial charge in [-0.05, 0) is 55.3 Å². The maximum atomic E-state index is 13.5. The first-order chi connectivity index (χ1) is 15.9. The highest BCUT2D eigenvalue weighted by molar-refractivity contribution is 9.10. The quantitative estimate of drug-likeness (QED) is 0.429. The van der Waals surface area contributed by atoms with Crippen molar-refractivity contribution in [3.8, 4) is 0 Å². The number of ether oxygens (including phenoxy) is 2. The van der Waals surface area contributed by atoms with Gasteiger partial charge < -0.3 is 14.8 Å². The van der Waals surface area contributed by atoms with Crippen LogP contribution in [0.2, 0.25) is 0 Å². The van der Waals surface area contributed by atoms with Gasteiger partial charge in [0.1, 0.15) is 15.6 Å². The number of thiophene rings is 1. The molecule has 9 nitrogen and oxygen atoms in total. The standard InChI is InChI=1S/C20H18BrF3N4O5S/c1-5-32-18(30)11-9(4)14(19(31)33-6-2)34-17(11)26-16(29)13-12(21)15-25-8(3)7-10(20(22,23)24)28(15)27-13/h7H,5-6H2,1-4H3,(H,26,29). The van der Waals surface area contributed by atoms with Crippen LogP contribution in [0.25, 0.3) is 5.65 Å². The Balaban J connectivity index is 2.09. The summed E-state index contributed by atoms with van der Waals surface area (Å²) in [5.74, 6) is -2.40. The lowest BCUT2D eigenvalue weighted by Gasteiger charge is -2.09. The van der Waals surface area contributed by atoms with Crippen molar-refractivity contribution in [2.75, 3.05) is 18.5 Å². The van der Waals surface area contributed by atoms with Crippen molar-refractivity contribution >= 4 is 55.8 Å². The fraction of sp³-hybridized carbons (Fsp3) is 0.350. The van der Waals surface area contributed by atoms with Crippen molar-refractivity contribution in [2.45, 2.75) is 33.9 Å². The smallest absolute Gasteiger partial charge is 0.433 e. The summed E-state index contributed by atoms with van der Waals surface area (Å²) in [5, 5.41) is 6.21. The summed E-state index contributed by atoms with van der Waals surface area (Å²) in [6.45, 7) is 6.21. The van der Waals surface area contributed by atoms with Gasteiger partial charge in [0.25, 0.3) is 5.91 Å². The number of alkyl halides is 3. The number of esters is 2. The lowest BCUT2D eigenvalue weighted by Crippen LogP contribution is -2.17. The molecule has 1 amide bonds. The molecule has 0 aliphatic carbocycles. The van der Waals surface area contributed by atoms with Crippen LogP contribution in [-0.4, -0.2) is 45.7 Å². The van der Waals surface area contributed by atoms with E-state index in [-0.39, 0.29) is 50.0 Å². The van der Waals surface area contributed by atoms with Gasteiger partial charge in [-0.2, -0.15) is 18.3 Å². The highest BCUT2D eigenvalue weighted by Crippen LogP contribution is 2.36. The zero-order valence-electron chi connectivity index (χ0n) is 18.3. The van der Waals surface area contributed by atoms with Crippen molar-refractivity contribution in [3.63, 3.8) is 0 Å². The van der Waals surface area contributed by atoms with Gasteiger partial charge in [0.2, 0.25) is 0 Å². The van der Waals surface area contributed by atoms with Crippen LogP contribution < -0.4 is 5.32 Å². The van der Waals surface area contributed by atoms with E-state index >= 15 is 0 Å². The van der Waals surface area contributed by atoms with Crippen molar-refractivity contribution in [1.29, 1.82) is 0 Å². The molecule has 0 aromatic carbocycles. The third-order valence-corrected chi connectivity index (χ3v) is 6.40. The van der Waals surface area contributed by atoms with Crippen LogP contribution in [0, 0.1) is 13.8 Å². The number of halogens is 4. The molecule has 182 valence electrons. The van der Waals surface area contributed by atoms with E-state index in [0.29, 0.717) is 4.52 Å². The van der Waals surface area contributed by atoms with Crippen molar-refractivity contribution in [2.24, 2.45) is 0 Å². The van der Waals surface area contributed by atoms with Crippen LogP contribution in [0.4, 0.5) is 18.2 Å². The Labute approximate surface area is 203 Å². The van der Waals surface area contributed by atoms with Gasteiger partial charge in [-0.3, -0.25) is 4.79 Å². The number of fused-ring (bicyclic) bond motifs is 1. The number of nitrogens with zero attached hydrogens (tertiary/aromatic N) is 3. The second-order valence-corrected chi connectivity index (χ2v) is 8.65. The second kappa shape index (κ2) is 9.70. The second-order valence-electron chi connectivity index (χ2n) is 6.83. The molecule has 3 aromatic heterocycles. The van der Waals surface area contributed by atoms with Crippen LogP contribution in [0.5, 0.6) is 0 Å². The number of hydrogen-bond donors (Lipinski definition) is 1. The number of aryl methyl sites for hydroxylation is 1. The van der Waals surface area contributed by atoms with Crippen LogP contribution >= 0.6 is 27.3 Å². The number of anilines is 1. The molecule has 34 heavy (non-hydrogen) atoms. The molecule has 0 bridgehead atoms. The van der Waals surface area contributed by atoms with Crippen LogP contribution in [0.3, 0.4) is 0 Å². The number of amides is 1. The molecule has 3 aromatic rings. The number of aromatic nitrogens is 3. The van der Waals surface area contributed by atoms with Gasteiger partial charge in [0.15, 0.2) is 11.3 Å². The van der Waals surface area contributed by atoms with Crippen molar-refractivity contribution in [3.05, 3.63) is 43.6 Å². The average Bonchev–Trinajstić information content (AvgIpc) is 3.24. The van der Waals surface area contributed by atoms with Crippen LogP contribution in [0.15, 0.2) is 10.5 Å². The van der Waals surface area contributed by atoms with E-state index in [4.69, 9.17) is 9.47 Å². The molecule has 0 unspecified atom stereocenters. The zero-order valence-corrected chi connectivity index (χ0v) is 20.7. The molecule has 0 saturated carbocycles. The fourth-order valence-electron chi connectivity index (χ4n) is 3.06. The van der Waals surface area contributed by atoms with Gasteiger partial charge in [-0.25, -0.2) is 19.1 Å². The highest BCUT2D eigenvalue weighted by atomic mass is 79.9. The maximum absolute atomic E-state index is 13.5. The number of carbonyl (C=O) groups excluding carboxylic acids is 3. The highest BCUT2D eigenvalue weighted by Gasteiger charge is 2.36. The molecule has 0 radical (unpaired) electrons. The first-order valence-electron chi connectivity index (χ1n) is 9.82. The first kappa shape index (κ1) is 25.6. The van der Waals surface area contributed by atoms with E-state index in [1.54, 1.807) is 13.8 Å². The summed E-state index contributed by atoms with van der Waals surface area (Å²) >= 11 is 3.88. The van der Waals surface area contributed by atoms with E-state index < -0.39 is 35.4 Å². The van der Waals surface area contributed by atoms with Gasteiger partial charge in [0, 0.05) is 5.69 Å². The Morgan fingerprint density at radius 2 is 1.76 bits per heavy atom. The molecule has 3 heterocycles. The minimum atomic E-state index is -4.75. The fourth-order valence-corrected chi connectivity index (χ4v) is 4.66. The Hall–Kier alpha value is -3.00. The number of hydrogen-bond acceptors (Lipinski definition) is 8. The summed E-state index contributed by atoms with van der Waals surface area (Å²) in [7, 11) is 0. The predicted molar refractivity (Wildman–Crippen MR) is 119 cm³/mol. The molecule has 1 N–H and O–H groups in total. The van der Waals surface area contributed by atoms with Crippen LogP contribution in [0.1, 0.15) is 61.3 Å². The normalized spacial score (nSPS) is 11.5. The SMILES string of the molecule is CCOC(=O)c1sc(NC(=O)c2nn3c(C(F)(F)F)cc(C)nc3c2Br)c(C(=O)OCC)c1C. The summed E-state index contributed by atoms with van der Waals surface area (Å²) in [4.78, 5) is 41.9. The Bertz CT molecular complexity index is 1300. The summed E-state index contributed by atoms with van der Waals surface area (Å²) in [6, 6.07) is 0.807. The Morgan fingerprint density at radius 3 is 2.35 bits per heavy atom. The minimum Gasteiger partial charge on any atom is -0.462 e. The molecule has 0 saturated heterocycles. The summed E-state index contributed by atoms with van der Waals surface area (Å²) in [6.07, 6.45) is -4.75. The molecule has 3 rings (SSSR count). The number of rotatable bonds is 6. The van der Waals surface area contributed by atoms with Gasteiger partial charge in [0.05, 0.1) is 23.2 Å². The van der Waals surface area contributed by atoms with Gasteiger partial charge in [-0.15, -0.1) is 11.3 Å². The average molecular weight is 563 g/mol. The largest absolute Gasteiger partial charge is 0.462 e. The third kappa shape index (κ3) is 4.78. The van der Waals surface area contributed by atoms with E-state index in [1.165, 1.54) is 13.8 Å². The first-order valence-corrected chi connectivity index (χ1v) is 11.4. The molecule has 0 fully saturated rings. The zero-order chi connectivity index (χ0) is 25.4. The third-order valence-electron chi connectivity index (χ3n) is 4.48. The van der Waals surface area contributed by atoms with Crippen molar-refractivity contribution in [1.82, 2.24) is 14.6 Å². The molecule has 0 spiro atoms. The molecule has 0 aliphatic heterocycles. The summed E-state index contributed by atoms with van der Waals surface area (Å²) in [5.41, 5.74) is -1.47. The van der Waals surface area contributed by atoms with Gasteiger partial charge in [-0.1, -0.05) is 0 Å². The van der Waals surface area contributed by atoms with E-state index in [2.05, 4.69) is 31.3 Å². The Morgan fingerprint density at radius 1 is 1.15 bits per heavy atom. The number of nitrogens with one attached hydrogen (secondary N) is 1. The molecule has 0 aliphatic rings. The molecular formula is C20H18BrF3N4O5S. The topological polar surface area (TPSA) is 112 Å². The van der Waals surface area contributed by atoms with E-state index in [0.717, 1.165) is 17.4 Å². The monoisotopic (exact) mass is 562 g/mol. The molecular weight excluding hydrogens is 545 g/mol. The van der Waals surface area contributed by atoms with E-state index in [1.807, 2.05) is 0 Å².